The number of rotatable bonds is 3. The van der Waals surface area contributed by atoms with Gasteiger partial charge in [-0.15, -0.1) is 0 Å². The van der Waals surface area contributed by atoms with Crippen LogP contribution in [0.5, 0.6) is 16.7 Å². The second kappa shape index (κ2) is 4.51. The molecule has 15 heavy (non-hydrogen) atoms. The fraction of sp³-hybridized carbons (Fsp3) is 0.100. The van der Waals surface area contributed by atoms with Crippen LogP contribution in [0, 0.1) is 0 Å². The van der Waals surface area contributed by atoms with Crippen LogP contribution in [-0.4, -0.2) is 12.1 Å². The fourth-order valence-electron chi connectivity index (χ4n) is 1.08. The predicted molar refractivity (Wildman–Crippen MR) is 60.2 cm³/mol. The van der Waals surface area contributed by atoms with E-state index < -0.39 is 0 Å². The van der Waals surface area contributed by atoms with Gasteiger partial charge in [-0.2, -0.15) is 0 Å². The number of para-hydroxylation sites is 2. The van der Waals surface area contributed by atoms with Gasteiger partial charge in [0.15, 0.2) is 11.5 Å². The summed E-state index contributed by atoms with van der Waals surface area (Å²) in [6.45, 7) is 0. The molecule has 0 N–H and O–H groups in total. The zero-order valence-electron chi connectivity index (χ0n) is 7.94. The average molecular weight is 242 g/mol. The van der Waals surface area contributed by atoms with Gasteiger partial charge in [-0.25, -0.2) is 4.98 Å². The molecule has 0 aliphatic carbocycles. The Hall–Kier alpha value is -1.26. The Morgan fingerprint density at radius 3 is 2.60 bits per heavy atom. The molecule has 0 amide bonds. The van der Waals surface area contributed by atoms with Crippen molar-refractivity contribution < 1.29 is 9.47 Å². The summed E-state index contributed by atoms with van der Waals surface area (Å²) in [5.74, 6) is 1.30. The van der Waals surface area contributed by atoms with Gasteiger partial charge in [0, 0.05) is 0 Å². The zero-order valence-corrected chi connectivity index (χ0v) is 9.51. The Morgan fingerprint density at radius 1 is 1.27 bits per heavy atom. The maximum atomic E-state index is 5.75. The quantitative estimate of drug-likeness (QED) is 0.823. The molecule has 0 saturated heterocycles. The second-order valence-electron chi connectivity index (χ2n) is 2.68. The van der Waals surface area contributed by atoms with Crippen LogP contribution >= 0.6 is 22.9 Å². The molecule has 0 saturated carbocycles. The molecule has 0 aliphatic rings. The normalized spacial score (nSPS) is 10.0. The van der Waals surface area contributed by atoms with Crippen molar-refractivity contribution in [2.45, 2.75) is 0 Å². The highest BCUT2D eigenvalue weighted by atomic mass is 35.5. The van der Waals surface area contributed by atoms with E-state index in [0.29, 0.717) is 21.0 Å². The van der Waals surface area contributed by atoms with E-state index in [4.69, 9.17) is 21.1 Å². The van der Waals surface area contributed by atoms with Crippen molar-refractivity contribution in [3.63, 3.8) is 0 Å². The standard InChI is InChI=1S/C10H8ClNO2S/c1-13-7-4-2-3-5-8(7)14-10-12-6-9(11)15-10/h2-6H,1H3. The number of nitrogens with zero attached hydrogens (tertiary/aromatic N) is 1. The number of ether oxygens (including phenoxy) is 2. The van der Waals surface area contributed by atoms with Crippen molar-refractivity contribution in [2.75, 3.05) is 7.11 Å². The maximum Gasteiger partial charge on any atom is 0.280 e. The Morgan fingerprint density at radius 2 is 2.00 bits per heavy atom. The molecule has 5 heteroatoms. The van der Waals surface area contributed by atoms with E-state index in [-0.39, 0.29) is 0 Å². The van der Waals surface area contributed by atoms with Gasteiger partial charge in [-0.05, 0) is 12.1 Å². The summed E-state index contributed by atoms with van der Waals surface area (Å²) < 4.78 is 11.3. The molecular formula is C10H8ClNO2S. The van der Waals surface area contributed by atoms with Crippen molar-refractivity contribution in [2.24, 2.45) is 0 Å². The molecule has 0 bridgehead atoms. The van der Waals surface area contributed by atoms with Gasteiger partial charge in [0.25, 0.3) is 5.19 Å². The van der Waals surface area contributed by atoms with E-state index in [0.717, 1.165) is 0 Å². The van der Waals surface area contributed by atoms with Crippen LogP contribution in [0.1, 0.15) is 0 Å². The molecule has 1 aromatic heterocycles. The molecule has 0 radical (unpaired) electrons. The minimum atomic E-state index is 0.504. The lowest BCUT2D eigenvalue weighted by molar-refractivity contribution is 0.378. The average Bonchev–Trinajstić information content (AvgIpc) is 2.65. The summed E-state index contributed by atoms with van der Waals surface area (Å²) in [4.78, 5) is 4.00. The Balaban J connectivity index is 2.23. The van der Waals surface area contributed by atoms with Crippen molar-refractivity contribution >= 4 is 22.9 Å². The predicted octanol–water partition coefficient (Wildman–Crippen LogP) is 3.60. The maximum absolute atomic E-state index is 5.75. The third kappa shape index (κ3) is 2.40. The largest absolute Gasteiger partial charge is 0.493 e. The summed E-state index contributed by atoms with van der Waals surface area (Å²) in [5.41, 5.74) is 0. The minimum absolute atomic E-state index is 0.504. The molecule has 3 nitrogen and oxygen atoms in total. The Bertz CT molecular complexity index is 458. The van der Waals surface area contributed by atoms with Crippen LogP contribution in [0.4, 0.5) is 0 Å². The number of benzene rings is 1. The van der Waals surface area contributed by atoms with Crippen LogP contribution < -0.4 is 9.47 Å². The van der Waals surface area contributed by atoms with Crippen molar-refractivity contribution in [1.29, 1.82) is 0 Å². The number of aromatic nitrogens is 1. The van der Waals surface area contributed by atoms with Gasteiger partial charge in [0.1, 0.15) is 4.34 Å². The Kier molecular flexibility index (Phi) is 3.08. The lowest BCUT2D eigenvalue weighted by Gasteiger charge is -2.06. The third-order valence-electron chi connectivity index (χ3n) is 1.72. The highest BCUT2D eigenvalue weighted by molar-refractivity contribution is 7.17. The summed E-state index contributed by atoms with van der Waals surface area (Å²) >= 11 is 7.02. The van der Waals surface area contributed by atoms with Crippen LogP contribution in [0.25, 0.3) is 0 Å². The molecule has 0 unspecified atom stereocenters. The molecule has 0 spiro atoms. The van der Waals surface area contributed by atoms with E-state index in [9.17, 15) is 0 Å². The Labute approximate surface area is 96.2 Å². The van der Waals surface area contributed by atoms with Gasteiger partial charge < -0.3 is 9.47 Å². The van der Waals surface area contributed by atoms with Crippen LogP contribution in [0.3, 0.4) is 0 Å². The van der Waals surface area contributed by atoms with Gasteiger partial charge in [0.2, 0.25) is 0 Å². The summed E-state index contributed by atoms with van der Waals surface area (Å²) in [5, 5.41) is 0.504. The third-order valence-corrected chi connectivity index (χ3v) is 2.72. The first-order valence-electron chi connectivity index (χ1n) is 4.22. The topological polar surface area (TPSA) is 31.4 Å². The van der Waals surface area contributed by atoms with Gasteiger partial charge >= 0.3 is 0 Å². The highest BCUT2D eigenvalue weighted by Crippen LogP contribution is 2.34. The molecule has 2 aromatic rings. The van der Waals surface area contributed by atoms with Crippen LogP contribution in [0.2, 0.25) is 4.34 Å². The molecule has 0 fully saturated rings. The first-order chi connectivity index (χ1) is 7.29. The summed E-state index contributed by atoms with van der Waals surface area (Å²) in [6.07, 6.45) is 1.55. The smallest absolute Gasteiger partial charge is 0.280 e. The molecular weight excluding hydrogens is 234 g/mol. The van der Waals surface area contributed by atoms with Gasteiger partial charge in [-0.3, -0.25) is 0 Å². The fourth-order valence-corrected chi connectivity index (χ4v) is 1.84. The molecule has 1 aromatic carbocycles. The molecule has 2 rings (SSSR count). The number of halogens is 1. The molecule has 78 valence electrons. The van der Waals surface area contributed by atoms with Crippen LogP contribution in [0.15, 0.2) is 30.5 Å². The van der Waals surface area contributed by atoms with E-state index in [2.05, 4.69) is 4.98 Å². The summed E-state index contributed by atoms with van der Waals surface area (Å²) in [7, 11) is 1.59. The lowest BCUT2D eigenvalue weighted by atomic mass is 10.3. The second-order valence-corrected chi connectivity index (χ2v) is 4.31. The highest BCUT2D eigenvalue weighted by Gasteiger charge is 2.06. The first kappa shape index (κ1) is 10.3. The van der Waals surface area contributed by atoms with Crippen molar-refractivity contribution in [3.8, 4) is 16.7 Å². The number of hydrogen-bond acceptors (Lipinski definition) is 4. The van der Waals surface area contributed by atoms with Crippen LogP contribution in [-0.2, 0) is 0 Å². The summed E-state index contributed by atoms with van der Waals surface area (Å²) in [6, 6.07) is 7.38. The van der Waals surface area contributed by atoms with Crippen molar-refractivity contribution in [3.05, 3.63) is 34.8 Å². The molecule has 0 aliphatic heterocycles. The lowest BCUT2D eigenvalue weighted by Crippen LogP contribution is -1.88. The van der Waals surface area contributed by atoms with E-state index in [1.54, 1.807) is 13.3 Å². The number of thiazole rings is 1. The number of hydrogen-bond donors (Lipinski definition) is 0. The van der Waals surface area contributed by atoms with E-state index in [1.165, 1.54) is 11.3 Å². The molecule has 0 atom stereocenters. The van der Waals surface area contributed by atoms with Crippen molar-refractivity contribution in [1.82, 2.24) is 4.98 Å². The zero-order chi connectivity index (χ0) is 10.7. The molecule has 1 heterocycles. The minimum Gasteiger partial charge on any atom is -0.493 e. The van der Waals surface area contributed by atoms with E-state index in [1.807, 2.05) is 24.3 Å². The first-order valence-corrected chi connectivity index (χ1v) is 5.41. The van der Waals surface area contributed by atoms with Gasteiger partial charge in [0.05, 0.1) is 13.3 Å². The number of methoxy groups -OCH3 is 1. The SMILES string of the molecule is COc1ccccc1Oc1ncc(Cl)s1. The van der Waals surface area contributed by atoms with E-state index >= 15 is 0 Å². The monoisotopic (exact) mass is 241 g/mol. The van der Waals surface area contributed by atoms with Gasteiger partial charge in [-0.1, -0.05) is 35.1 Å².